The van der Waals surface area contributed by atoms with Crippen LogP contribution in [0.1, 0.15) is 0 Å². The number of hydrogen-bond donors (Lipinski definition) is 0. The highest BCUT2D eigenvalue weighted by atomic mass is 35.5. The summed E-state index contributed by atoms with van der Waals surface area (Å²) in [5, 5.41) is 0. The lowest BCUT2D eigenvalue weighted by Crippen LogP contribution is -2.14. The Labute approximate surface area is 91.5 Å². The van der Waals surface area contributed by atoms with Crippen LogP contribution in [0, 0.1) is 0 Å². The van der Waals surface area contributed by atoms with E-state index in [0.717, 1.165) is 11.4 Å². The summed E-state index contributed by atoms with van der Waals surface area (Å²) >= 11 is 6.03. The molecule has 1 unspecified atom stereocenters. The van der Waals surface area contributed by atoms with Crippen LogP contribution in [0.15, 0.2) is 30.9 Å². The van der Waals surface area contributed by atoms with E-state index < -0.39 is 0 Å². The van der Waals surface area contributed by atoms with Crippen molar-refractivity contribution in [1.29, 1.82) is 0 Å². The summed E-state index contributed by atoms with van der Waals surface area (Å²) in [4.78, 5) is 8.30. The van der Waals surface area contributed by atoms with E-state index in [1.807, 2.05) is 16.8 Å². The molecule has 1 aliphatic heterocycles. The van der Waals surface area contributed by atoms with Crippen LogP contribution < -0.4 is 4.74 Å². The number of rotatable bonds is 0. The second-order valence-electron chi connectivity index (χ2n) is 3.30. The minimum absolute atomic E-state index is 0.386. The first-order valence-electron chi connectivity index (χ1n) is 4.61. The fourth-order valence-electron chi connectivity index (χ4n) is 1.69. The molecule has 0 radical (unpaired) electrons. The number of ether oxygens (including phenoxy) is 1. The highest BCUT2D eigenvalue weighted by molar-refractivity contribution is 6.19. The van der Waals surface area contributed by atoms with Crippen molar-refractivity contribution in [3.63, 3.8) is 0 Å². The summed E-state index contributed by atoms with van der Waals surface area (Å²) in [5.41, 5.74) is 0.543. The van der Waals surface area contributed by atoms with Crippen molar-refractivity contribution in [3.05, 3.63) is 30.9 Å². The number of aromatic nitrogens is 3. The van der Waals surface area contributed by atoms with Gasteiger partial charge >= 0.3 is 0 Å². The normalized spacial score (nSPS) is 18.6. The lowest BCUT2D eigenvalue weighted by atomic mass is 10.2. The van der Waals surface area contributed by atoms with E-state index in [1.54, 1.807) is 18.6 Å². The van der Waals surface area contributed by atoms with Crippen LogP contribution in [-0.4, -0.2) is 20.1 Å². The van der Waals surface area contributed by atoms with Gasteiger partial charge in [-0.2, -0.15) is 0 Å². The molecule has 0 amide bonds. The number of halogens is 1. The summed E-state index contributed by atoms with van der Waals surface area (Å²) in [5.74, 6) is 1.55. The maximum absolute atomic E-state index is 6.03. The largest absolute Gasteiger partial charge is 0.470 e. The van der Waals surface area contributed by atoms with Crippen LogP contribution in [0.2, 0.25) is 0 Å². The van der Waals surface area contributed by atoms with Crippen LogP contribution in [0.25, 0.3) is 11.4 Å². The molecule has 76 valence electrons. The maximum Gasteiger partial charge on any atom is 0.190 e. The third kappa shape index (κ3) is 1.37. The number of nitrogens with zero attached hydrogens (tertiary/aromatic N) is 3. The molecular weight excluding hydrogens is 214 g/mol. The van der Waals surface area contributed by atoms with Crippen LogP contribution in [0.3, 0.4) is 0 Å². The van der Waals surface area contributed by atoms with Gasteiger partial charge in [-0.15, -0.1) is 0 Å². The van der Waals surface area contributed by atoms with Gasteiger partial charge in [0.05, 0.1) is 18.3 Å². The highest BCUT2D eigenvalue weighted by Gasteiger charge is 2.20. The van der Waals surface area contributed by atoms with Crippen LogP contribution in [0.5, 0.6) is 5.75 Å². The molecule has 3 rings (SSSR count). The van der Waals surface area contributed by atoms with Crippen molar-refractivity contribution in [2.45, 2.75) is 12.1 Å². The Hall–Kier alpha value is -1.55. The Kier molecular flexibility index (Phi) is 1.89. The van der Waals surface area contributed by atoms with Crippen molar-refractivity contribution in [2.75, 3.05) is 0 Å². The van der Waals surface area contributed by atoms with Gasteiger partial charge < -0.3 is 9.30 Å². The fourth-order valence-corrected chi connectivity index (χ4v) is 1.93. The van der Waals surface area contributed by atoms with Gasteiger partial charge in [-0.25, -0.2) is 4.98 Å². The quantitative estimate of drug-likeness (QED) is 0.638. The first kappa shape index (κ1) is 8.73. The van der Waals surface area contributed by atoms with E-state index in [9.17, 15) is 0 Å². The van der Waals surface area contributed by atoms with Gasteiger partial charge in [-0.3, -0.25) is 4.98 Å². The molecule has 0 fully saturated rings. The lowest BCUT2D eigenvalue weighted by Gasteiger charge is -2.09. The zero-order valence-corrected chi connectivity index (χ0v) is 8.55. The summed E-state index contributed by atoms with van der Waals surface area (Å²) in [6, 6.07) is 1.88. The monoisotopic (exact) mass is 221 g/mol. The molecule has 0 bridgehead atoms. The molecule has 3 heterocycles. The van der Waals surface area contributed by atoms with Crippen LogP contribution >= 0.6 is 11.6 Å². The Bertz CT molecular complexity index is 497. The molecule has 0 aliphatic carbocycles. The number of imidazole rings is 1. The summed E-state index contributed by atoms with van der Waals surface area (Å²) < 4.78 is 7.52. The zero-order chi connectivity index (χ0) is 10.3. The highest BCUT2D eigenvalue weighted by Crippen LogP contribution is 2.32. The number of alkyl halides is 1. The molecule has 1 atom stereocenters. The molecule has 1 aliphatic rings. The fraction of sp³-hybridized carbons (Fsp3) is 0.200. The average Bonchev–Trinajstić information content (AvgIpc) is 2.62. The third-order valence-electron chi connectivity index (χ3n) is 2.34. The van der Waals surface area contributed by atoms with Crippen LogP contribution in [0.4, 0.5) is 0 Å². The molecule has 0 N–H and O–H groups in total. The molecule has 2 aromatic rings. The Balaban J connectivity index is 2.25. The van der Waals surface area contributed by atoms with Gasteiger partial charge in [0.2, 0.25) is 0 Å². The van der Waals surface area contributed by atoms with E-state index >= 15 is 0 Å². The lowest BCUT2D eigenvalue weighted by molar-refractivity contribution is 0.265. The first-order chi connectivity index (χ1) is 7.34. The van der Waals surface area contributed by atoms with Crippen molar-refractivity contribution in [2.24, 2.45) is 0 Å². The molecule has 0 saturated carbocycles. The number of hydrogen-bond acceptors (Lipinski definition) is 3. The molecule has 0 aromatic carbocycles. The molecule has 0 saturated heterocycles. The Morgan fingerprint density at radius 2 is 2.40 bits per heavy atom. The molecule has 0 spiro atoms. The van der Waals surface area contributed by atoms with E-state index in [2.05, 4.69) is 9.97 Å². The third-order valence-corrected chi connectivity index (χ3v) is 2.56. The smallest absolute Gasteiger partial charge is 0.190 e. The minimum atomic E-state index is -0.386. The minimum Gasteiger partial charge on any atom is -0.470 e. The van der Waals surface area contributed by atoms with Crippen molar-refractivity contribution in [1.82, 2.24) is 14.5 Å². The summed E-state index contributed by atoms with van der Waals surface area (Å²) in [7, 11) is 0. The zero-order valence-electron chi connectivity index (χ0n) is 7.80. The SMILES string of the molecule is ClC1Cn2ccnc2-c2ccncc2O1. The van der Waals surface area contributed by atoms with Gasteiger partial charge in [0.25, 0.3) is 0 Å². The number of fused-ring (bicyclic) bond motifs is 3. The van der Waals surface area contributed by atoms with Gasteiger partial charge in [0.1, 0.15) is 5.82 Å². The second-order valence-corrected chi connectivity index (χ2v) is 3.79. The van der Waals surface area contributed by atoms with Crippen molar-refractivity contribution in [3.8, 4) is 17.1 Å². The first-order valence-corrected chi connectivity index (χ1v) is 5.04. The Morgan fingerprint density at radius 3 is 3.33 bits per heavy atom. The van der Waals surface area contributed by atoms with Crippen molar-refractivity contribution < 1.29 is 4.74 Å². The van der Waals surface area contributed by atoms with Crippen molar-refractivity contribution >= 4 is 11.6 Å². The standard InChI is InChI=1S/C10H8ClN3O/c11-9-6-14-4-3-13-10(14)7-1-2-12-5-8(7)15-9/h1-5,9H,6H2. The topological polar surface area (TPSA) is 39.9 Å². The molecular formula is C10H8ClN3O. The molecule has 15 heavy (non-hydrogen) atoms. The maximum atomic E-state index is 6.03. The Morgan fingerprint density at radius 1 is 1.47 bits per heavy atom. The van der Waals surface area contributed by atoms with E-state index in [-0.39, 0.29) is 5.56 Å². The predicted molar refractivity (Wildman–Crippen MR) is 55.7 cm³/mol. The second kappa shape index (κ2) is 3.24. The van der Waals surface area contributed by atoms with Gasteiger partial charge in [-0.05, 0) is 6.07 Å². The summed E-state index contributed by atoms with van der Waals surface area (Å²) in [6.45, 7) is 0.589. The van der Waals surface area contributed by atoms with Gasteiger partial charge in [0, 0.05) is 18.6 Å². The van der Waals surface area contributed by atoms with E-state index in [4.69, 9.17) is 16.3 Å². The van der Waals surface area contributed by atoms with E-state index in [1.165, 1.54) is 0 Å². The predicted octanol–water partition coefficient (Wildman–Crippen LogP) is 1.90. The molecule has 5 heteroatoms. The van der Waals surface area contributed by atoms with Gasteiger partial charge in [-0.1, -0.05) is 11.6 Å². The summed E-state index contributed by atoms with van der Waals surface area (Å²) in [6.07, 6.45) is 7.03. The molecule has 2 aromatic heterocycles. The number of pyridine rings is 1. The van der Waals surface area contributed by atoms with Gasteiger partial charge in [0.15, 0.2) is 11.3 Å². The van der Waals surface area contributed by atoms with E-state index in [0.29, 0.717) is 12.3 Å². The van der Waals surface area contributed by atoms with Crippen LogP contribution in [-0.2, 0) is 6.54 Å². The molecule has 4 nitrogen and oxygen atoms in total. The average molecular weight is 222 g/mol.